The first-order valence-corrected chi connectivity index (χ1v) is 3.63. The molecule has 1 fully saturated rings. The topological polar surface area (TPSA) is 38.3 Å². The van der Waals surface area contributed by atoms with Crippen molar-refractivity contribution in [2.45, 2.75) is 12.8 Å². The van der Waals surface area contributed by atoms with Crippen molar-refractivity contribution in [3.63, 3.8) is 0 Å². The van der Waals surface area contributed by atoms with Crippen LogP contribution >= 0.6 is 0 Å². The average Bonchev–Trinajstić information content (AvgIpc) is 2.05. The molecule has 0 spiro atoms. The largest absolute Gasteiger partial charge is 0.469 e. The highest BCUT2D eigenvalue weighted by molar-refractivity contribution is 5.72. The van der Waals surface area contributed by atoms with Gasteiger partial charge in [0.05, 0.1) is 13.0 Å². The van der Waals surface area contributed by atoms with Gasteiger partial charge in [0.1, 0.15) is 0 Å². The van der Waals surface area contributed by atoms with E-state index in [0.717, 1.165) is 25.9 Å². The van der Waals surface area contributed by atoms with Crippen LogP contribution in [0.15, 0.2) is 0 Å². The number of nitrogens with one attached hydrogen (secondary N) is 1. The second-order valence-electron chi connectivity index (χ2n) is 2.55. The van der Waals surface area contributed by atoms with Gasteiger partial charge in [0.15, 0.2) is 0 Å². The van der Waals surface area contributed by atoms with E-state index >= 15 is 0 Å². The molecule has 1 aliphatic heterocycles. The molecular formula is C7H13NO2. The van der Waals surface area contributed by atoms with Crippen LogP contribution in [0.5, 0.6) is 0 Å². The Morgan fingerprint density at radius 2 is 2.10 bits per heavy atom. The predicted octanol–water partition coefficient (Wildman–Crippen LogP) is 0.159. The Labute approximate surface area is 60.7 Å². The van der Waals surface area contributed by atoms with Gasteiger partial charge in [0.2, 0.25) is 0 Å². The van der Waals surface area contributed by atoms with Crippen LogP contribution in [0, 0.1) is 5.92 Å². The van der Waals surface area contributed by atoms with Crippen LogP contribution in [-0.4, -0.2) is 26.2 Å². The van der Waals surface area contributed by atoms with Gasteiger partial charge in [-0.05, 0) is 25.9 Å². The molecule has 0 saturated carbocycles. The molecule has 1 rings (SSSR count). The number of carbonyl (C=O) groups is 1. The Bertz CT molecular complexity index is 119. The highest BCUT2D eigenvalue weighted by Gasteiger charge is 2.20. The monoisotopic (exact) mass is 146 g/mol. The van der Waals surface area contributed by atoms with Crippen molar-refractivity contribution in [1.29, 1.82) is 0 Å². The summed E-state index contributed by atoms with van der Waals surface area (Å²) in [7, 11) is 1.45. The van der Waals surface area contributed by atoms with Gasteiger partial charge in [0, 0.05) is 0 Å². The summed E-state index contributed by atoms with van der Waals surface area (Å²) in [6.07, 6.45) is 1.85. The summed E-state index contributed by atoms with van der Waals surface area (Å²) < 4.78 is 4.62. The summed E-state index contributed by atoms with van der Waals surface area (Å²) in [5.74, 6) is 0.0905. The van der Waals surface area contributed by atoms with E-state index in [1.165, 1.54) is 7.11 Å². The second-order valence-corrected chi connectivity index (χ2v) is 2.55. The maximum Gasteiger partial charge on any atom is 0.308 e. The molecule has 1 saturated heterocycles. The zero-order valence-corrected chi connectivity index (χ0v) is 6.22. The van der Waals surface area contributed by atoms with E-state index in [9.17, 15) is 4.79 Å². The number of methoxy groups -OCH3 is 1. The Morgan fingerprint density at radius 3 is 2.60 bits per heavy atom. The molecule has 10 heavy (non-hydrogen) atoms. The molecule has 1 heterocycles. The first-order valence-electron chi connectivity index (χ1n) is 3.63. The minimum atomic E-state index is -0.0542. The molecule has 0 aliphatic carbocycles. The first kappa shape index (κ1) is 7.54. The molecule has 0 bridgehead atoms. The number of rotatable bonds is 1. The second kappa shape index (κ2) is 3.56. The molecule has 3 heteroatoms. The van der Waals surface area contributed by atoms with Gasteiger partial charge in [-0.15, -0.1) is 0 Å². The van der Waals surface area contributed by atoms with Crippen molar-refractivity contribution in [2.24, 2.45) is 5.92 Å². The number of piperidine rings is 1. The van der Waals surface area contributed by atoms with Crippen LogP contribution in [0.3, 0.4) is 0 Å². The van der Waals surface area contributed by atoms with Crippen molar-refractivity contribution in [3.05, 3.63) is 0 Å². The van der Waals surface area contributed by atoms with Crippen LogP contribution in [0.25, 0.3) is 0 Å². The van der Waals surface area contributed by atoms with Gasteiger partial charge in [-0.25, -0.2) is 0 Å². The van der Waals surface area contributed by atoms with Gasteiger partial charge in [0.25, 0.3) is 0 Å². The maximum atomic E-state index is 10.9. The quantitative estimate of drug-likeness (QED) is 0.423. The standard InChI is InChI=1S/C7H13NO2/c1-10-7(9)6-2-4-8-5-3-6/h6,8H,2-5H2,1H3/i4+1,5+1,7+1. The van der Waals surface area contributed by atoms with Crippen molar-refractivity contribution in [2.75, 3.05) is 20.2 Å². The minimum absolute atomic E-state index is 0.0542. The van der Waals surface area contributed by atoms with Gasteiger partial charge in [-0.2, -0.15) is 0 Å². The molecule has 0 aromatic carbocycles. The summed E-state index contributed by atoms with van der Waals surface area (Å²) in [5, 5.41) is 3.19. The fourth-order valence-corrected chi connectivity index (χ4v) is 1.22. The molecule has 1 N–H and O–H groups in total. The zero-order chi connectivity index (χ0) is 7.40. The highest BCUT2D eigenvalue weighted by Crippen LogP contribution is 2.12. The normalized spacial score (nSPS) is 20.5. The van der Waals surface area contributed by atoms with E-state index in [4.69, 9.17) is 0 Å². The molecule has 58 valence electrons. The maximum absolute atomic E-state index is 10.9. The summed E-state index contributed by atoms with van der Waals surface area (Å²) in [4.78, 5) is 10.9. The summed E-state index contributed by atoms with van der Waals surface area (Å²) in [5.41, 5.74) is 0. The van der Waals surface area contributed by atoms with Gasteiger partial charge in [-0.3, -0.25) is 4.79 Å². The molecule has 0 atom stereocenters. The Kier molecular flexibility index (Phi) is 2.68. The van der Waals surface area contributed by atoms with Gasteiger partial charge < -0.3 is 10.1 Å². The number of ether oxygens (including phenoxy) is 1. The van der Waals surface area contributed by atoms with E-state index in [1.54, 1.807) is 0 Å². The average molecular weight is 146 g/mol. The number of hydrogen-bond donors (Lipinski definition) is 1. The third-order valence-corrected chi connectivity index (χ3v) is 1.87. The van der Waals surface area contributed by atoms with Crippen molar-refractivity contribution >= 4 is 5.97 Å². The number of esters is 1. The van der Waals surface area contributed by atoms with E-state index < -0.39 is 0 Å². The van der Waals surface area contributed by atoms with E-state index in [0.29, 0.717) is 0 Å². The van der Waals surface area contributed by atoms with Crippen LogP contribution < -0.4 is 5.32 Å². The fraction of sp³-hybridized carbons (Fsp3) is 0.857. The van der Waals surface area contributed by atoms with Crippen molar-refractivity contribution in [3.8, 4) is 0 Å². The molecule has 0 radical (unpaired) electrons. The first-order chi connectivity index (χ1) is 4.84. The van der Waals surface area contributed by atoms with Gasteiger partial charge >= 0.3 is 5.97 Å². The molecule has 0 aromatic heterocycles. The molecular weight excluding hydrogens is 133 g/mol. The smallest absolute Gasteiger partial charge is 0.308 e. The summed E-state index contributed by atoms with van der Waals surface area (Å²) in [6, 6.07) is 0. The van der Waals surface area contributed by atoms with E-state index in [1.807, 2.05) is 0 Å². The molecule has 3 nitrogen and oxygen atoms in total. The van der Waals surface area contributed by atoms with E-state index in [-0.39, 0.29) is 11.9 Å². The third-order valence-electron chi connectivity index (χ3n) is 1.87. The summed E-state index contributed by atoms with van der Waals surface area (Å²) >= 11 is 0. The third kappa shape index (κ3) is 1.70. The van der Waals surface area contributed by atoms with Crippen LogP contribution in [0.1, 0.15) is 12.8 Å². The zero-order valence-electron chi connectivity index (χ0n) is 6.22. The predicted molar refractivity (Wildman–Crippen MR) is 37.6 cm³/mol. The lowest BCUT2D eigenvalue weighted by atomic mass is 10.2. The summed E-state index contributed by atoms with van der Waals surface area (Å²) in [6.45, 7) is 1.89. The number of hydrogen-bond acceptors (Lipinski definition) is 3. The molecule has 0 aromatic rings. The van der Waals surface area contributed by atoms with Gasteiger partial charge in [-0.1, -0.05) is 0 Å². The van der Waals surface area contributed by atoms with E-state index in [2.05, 4.69) is 10.1 Å². The number of carbonyl (C=O) groups excluding carboxylic acids is 1. The SMILES string of the molecule is CO[13C](=O)C1C[13CH2]N[13CH2]C1. The fourth-order valence-electron chi connectivity index (χ4n) is 1.22. The molecule has 0 amide bonds. The van der Waals surface area contributed by atoms with Crippen LogP contribution in [0.4, 0.5) is 0 Å². The lowest BCUT2D eigenvalue weighted by molar-refractivity contribution is -0.146. The van der Waals surface area contributed by atoms with Crippen molar-refractivity contribution in [1.82, 2.24) is 5.32 Å². The Morgan fingerprint density at radius 1 is 1.50 bits per heavy atom. The molecule has 0 unspecified atom stereocenters. The highest BCUT2D eigenvalue weighted by atomic mass is 16.6. The minimum Gasteiger partial charge on any atom is -0.469 e. The Balaban J connectivity index is 2.31. The Hall–Kier alpha value is -0.570. The molecule has 1 aliphatic rings. The van der Waals surface area contributed by atoms with Crippen molar-refractivity contribution < 1.29 is 9.53 Å². The van der Waals surface area contributed by atoms with Crippen LogP contribution in [-0.2, 0) is 9.53 Å². The lowest BCUT2D eigenvalue weighted by Crippen LogP contribution is -2.32. The lowest BCUT2D eigenvalue weighted by Gasteiger charge is -2.19. The van der Waals surface area contributed by atoms with Crippen LogP contribution in [0.2, 0.25) is 0 Å².